The van der Waals surface area contributed by atoms with Gasteiger partial charge in [-0.1, -0.05) is 0 Å². The van der Waals surface area contributed by atoms with Crippen LogP contribution in [0.15, 0.2) is 0 Å². The van der Waals surface area contributed by atoms with Crippen molar-refractivity contribution < 1.29 is 9.59 Å². The minimum Gasteiger partial charge on any atom is -0.352 e. The molecule has 3 N–H and O–H groups in total. The Kier molecular flexibility index (Phi) is 4.34. The van der Waals surface area contributed by atoms with Crippen molar-refractivity contribution in [3.8, 4) is 0 Å². The summed E-state index contributed by atoms with van der Waals surface area (Å²) in [6, 6.07) is 0.268. The molecular formula is C14H26N4O2. The maximum absolute atomic E-state index is 12.1. The van der Waals surface area contributed by atoms with Crippen LogP contribution in [-0.2, 0) is 9.59 Å². The Morgan fingerprint density at radius 1 is 1.20 bits per heavy atom. The van der Waals surface area contributed by atoms with E-state index in [-0.39, 0.29) is 17.9 Å². The summed E-state index contributed by atoms with van der Waals surface area (Å²) in [5, 5.41) is 3.03. The second kappa shape index (κ2) is 5.69. The van der Waals surface area contributed by atoms with Crippen LogP contribution in [0.5, 0.6) is 0 Å². The Bertz CT molecular complexity index is 379. The van der Waals surface area contributed by atoms with E-state index in [4.69, 9.17) is 5.73 Å². The third-order valence-electron chi connectivity index (χ3n) is 4.00. The number of rotatable bonds is 4. The van der Waals surface area contributed by atoms with Crippen molar-refractivity contribution in [1.29, 1.82) is 0 Å². The molecule has 6 heteroatoms. The zero-order valence-electron chi connectivity index (χ0n) is 12.7. The molecule has 0 aromatic carbocycles. The molecule has 20 heavy (non-hydrogen) atoms. The highest BCUT2D eigenvalue weighted by Crippen LogP contribution is 2.19. The highest BCUT2D eigenvalue weighted by atomic mass is 16.2. The Morgan fingerprint density at radius 3 is 2.20 bits per heavy atom. The largest absolute Gasteiger partial charge is 0.352 e. The van der Waals surface area contributed by atoms with Gasteiger partial charge < -0.3 is 16.0 Å². The fraction of sp³-hybridized carbons (Fsp3) is 0.857. The van der Waals surface area contributed by atoms with E-state index >= 15 is 0 Å². The summed E-state index contributed by atoms with van der Waals surface area (Å²) in [4.78, 5) is 28.0. The molecule has 0 radical (unpaired) electrons. The molecule has 114 valence electrons. The predicted octanol–water partition coefficient (Wildman–Crippen LogP) is -0.465. The molecule has 0 aromatic heterocycles. The van der Waals surface area contributed by atoms with Gasteiger partial charge in [0.15, 0.2) is 0 Å². The van der Waals surface area contributed by atoms with Gasteiger partial charge in [-0.15, -0.1) is 0 Å². The van der Waals surface area contributed by atoms with Crippen LogP contribution in [0.2, 0.25) is 0 Å². The van der Waals surface area contributed by atoms with Crippen LogP contribution in [0.1, 0.15) is 33.6 Å². The summed E-state index contributed by atoms with van der Waals surface area (Å²) in [5.74, 6) is 0.0821. The fourth-order valence-corrected chi connectivity index (χ4v) is 2.44. The zero-order chi connectivity index (χ0) is 14.9. The van der Waals surface area contributed by atoms with Crippen LogP contribution in [0, 0.1) is 0 Å². The molecule has 0 spiro atoms. The third-order valence-corrected chi connectivity index (χ3v) is 4.00. The van der Waals surface area contributed by atoms with Gasteiger partial charge in [0.2, 0.25) is 11.8 Å². The normalized spacial score (nSPS) is 22.5. The Morgan fingerprint density at radius 2 is 1.75 bits per heavy atom. The maximum Gasteiger partial charge on any atom is 0.242 e. The SMILES string of the molecule is CC(C(=O)NC1CC1)N1CCN(C(=O)C(C)(C)N)CC1. The molecule has 1 heterocycles. The molecule has 1 unspecified atom stereocenters. The predicted molar refractivity (Wildman–Crippen MR) is 77.0 cm³/mol. The number of nitrogens with zero attached hydrogens (tertiary/aromatic N) is 2. The van der Waals surface area contributed by atoms with Gasteiger partial charge in [0.25, 0.3) is 0 Å². The van der Waals surface area contributed by atoms with Crippen LogP contribution in [0.3, 0.4) is 0 Å². The number of carbonyl (C=O) groups is 2. The molecule has 1 aliphatic carbocycles. The topological polar surface area (TPSA) is 78.7 Å². The Labute approximate surface area is 120 Å². The second-order valence-electron chi connectivity index (χ2n) is 6.51. The first-order chi connectivity index (χ1) is 9.29. The van der Waals surface area contributed by atoms with Crippen molar-refractivity contribution in [3.63, 3.8) is 0 Å². The van der Waals surface area contributed by atoms with Crippen LogP contribution in [0.4, 0.5) is 0 Å². The first-order valence-corrected chi connectivity index (χ1v) is 7.41. The van der Waals surface area contributed by atoms with Crippen molar-refractivity contribution in [2.24, 2.45) is 5.73 Å². The van der Waals surface area contributed by atoms with Gasteiger partial charge in [0.1, 0.15) is 0 Å². The molecule has 6 nitrogen and oxygen atoms in total. The lowest BCUT2D eigenvalue weighted by Gasteiger charge is -2.39. The van der Waals surface area contributed by atoms with Crippen LogP contribution >= 0.6 is 0 Å². The van der Waals surface area contributed by atoms with Gasteiger partial charge in [-0.3, -0.25) is 14.5 Å². The van der Waals surface area contributed by atoms with Crippen molar-refractivity contribution in [1.82, 2.24) is 15.1 Å². The van der Waals surface area contributed by atoms with Gasteiger partial charge in [0, 0.05) is 32.2 Å². The molecule has 1 saturated heterocycles. The van der Waals surface area contributed by atoms with Crippen molar-refractivity contribution in [2.75, 3.05) is 26.2 Å². The molecule has 1 atom stereocenters. The average molecular weight is 282 g/mol. The minimum absolute atomic E-state index is 0.0211. The fourth-order valence-electron chi connectivity index (χ4n) is 2.44. The Hall–Kier alpha value is -1.14. The average Bonchev–Trinajstić information content (AvgIpc) is 3.20. The number of nitrogens with one attached hydrogen (secondary N) is 1. The third kappa shape index (κ3) is 3.70. The number of carbonyl (C=O) groups excluding carboxylic acids is 2. The number of amides is 2. The molecule has 2 rings (SSSR count). The highest BCUT2D eigenvalue weighted by molar-refractivity contribution is 5.85. The van der Waals surface area contributed by atoms with Gasteiger partial charge in [-0.25, -0.2) is 0 Å². The molecule has 2 fully saturated rings. The first-order valence-electron chi connectivity index (χ1n) is 7.41. The van der Waals surface area contributed by atoms with E-state index < -0.39 is 5.54 Å². The second-order valence-corrected chi connectivity index (χ2v) is 6.51. The van der Waals surface area contributed by atoms with Crippen molar-refractivity contribution in [3.05, 3.63) is 0 Å². The van der Waals surface area contributed by atoms with Crippen LogP contribution in [-0.4, -0.2) is 65.4 Å². The minimum atomic E-state index is -0.822. The van der Waals surface area contributed by atoms with E-state index in [1.807, 2.05) is 6.92 Å². The standard InChI is InChI=1S/C14H26N4O2/c1-10(12(19)16-11-4-5-11)17-6-8-18(9-7-17)13(20)14(2,3)15/h10-11H,4-9,15H2,1-3H3,(H,16,19). The van der Waals surface area contributed by atoms with E-state index in [1.165, 1.54) is 0 Å². The van der Waals surface area contributed by atoms with E-state index in [2.05, 4.69) is 10.2 Å². The number of piperazine rings is 1. The maximum atomic E-state index is 12.1. The molecule has 1 aliphatic heterocycles. The lowest BCUT2D eigenvalue weighted by atomic mass is 10.0. The van der Waals surface area contributed by atoms with E-state index in [0.717, 1.165) is 25.9 Å². The highest BCUT2D eigenvalue weighted by Gasteiger charge is 2.33. The summed E-state index contributed by atoms with van der Waals surface area (Å²) in [5.41, 5.74) is 5.02. The molecule has 0 aromatic rings. The van der Waals surface area contributed by atoms with E-state index in [0.29, 0.717) is 19.1 Å². The summed E-state index contributed by atoms with van der Waals surface area (Å²) in [6.45, 7) is 8.12. The molecule has 2 aliphatic rings. The lowest BCUT2D eigenvalue weighted by molar-refractivity contribution is -0.138. The summed E-state index contributed by atoms with van der Waals surface area (Å²) >= 11 is 0. The summed E-state index contributed by atoms with van der Waals surface area (Å²) < 4.78 is 0. The number of nitrogens with two attached hydrogens (primary N) is 1. The van der Waals surface area contributed by atoms with Crippen LogP contribution < -0.4 is 11.1 Å². The number of hydrogen-bond acceptors (Lipinski definition) is 4. The molecule has 0 bridgehead atoms. The smallest absolute Gasteiger partial charge is 0.242 e. The van der Waals surface area contributed by atoms with Gasteiger partial charge in [-0.2, -0.15) is 0 Å². The van der Waals surface area contributed by atoms with Crippen LogP contribution in [0.25, 0.3) is 0 Å². The zero-order valence-corrected chi connectivity index (χ0v) is 12.7. The molecule has 1 saturated carbocycles. The summed E-state index contributed by atoms with van der Waals surface area (Å²) in [6.07, 6.45) is 2.21. The van der Waals surface area contributed by atoms with Gasteiger partial charge in [-0.05, 0) is 33.6 Å². The molecular weight excluding hydrogens is 256 g/mol. The van der Waals surface area contributed by atoms with Crippen molar-refractivity contribution >= 4 is 11.8 Å². The Balaban J connectivity index is 1.81. The monoisotopic (exact) mass is 282 g/mol. The van der Waals surface area contributed by atoms with Crippen molar-refractivity contribution in [2.45, 2.75) is 51.2 Å². The van der Waals surface area contributed by atoms with Gasteiger partial charge in [0.05, 0.1) is 11.6 Å². The summed E-state index contributed by atoms with van der Waals surface area (Å²) in [7, 11) is 0. The number of hydrogen-bond donors (Lipinski definition) is 2. The first kappa shape index (κ1) is 15.3. The lowest BCUT2D eigenvalue weighted by Crippen LogP contribution is -2.59. The van der Waals surface area contributed by atoms with E-state index in [1.54, 1.807) is 18.7 Å². The molecule has 2 amide bonds. The van der Waals surface area contributed by atoms with E-state index in [9.17, 15) is 9.59 Å². The quantitative estimate of drug-likeness (QED) is 0.731. The van der Waals surface area contributed by atoms with Gasteiger partial charge >= 0.3 is 0 Å².